The summed E-state index contributed by atoms with van der Waals surface area (Å²) in [6.07, 6.45) is 1.85. The van der Waals surface area contributed by atoms with E-state index < -0.39 is 0 Å². The van der Waals surface area contributed by atoms with E-state index in [0.29, 0.717) is 0 Å². The van der Waals surface area contributed by atoms with Crippen LogP contribution in [0.1, 0.15) is 23.9 Å². The van der Waals surface area contributed by atoms with Gasteiger partial charge < -0.3 is 9.88 Å². The van der Waals surface area contributed by atoms with Gasteiger partial charge in [-0.2, -0.15) is 0 Å². The van der Waals surface area contributed by atoms with Crippen LogP contribution in [-0.4, -0.2) is 16.1 Å². The zero-order valence-corrected chi connectivity index (χ0v) is 11.8. The van der Waals surface area contributed by atoms with Gasteiger partial charge in [0.1, 0.15) is 0 Å². The van der Waals surface area contributed by atoms with Gasteiger partial charge in [-0.05, 0) is 32.5 Å². The van der Waals surface area contributed by atoms with E-state index in [-0.39, 0.29) is 0 Å². The number of hydrogen-bond donors (Lipinski definition) is 1. The Kier molecular flexibility index (Phi) is 4.04. The van der Waals surface area contributed by atoms with E-state index in [0.717, 1.165) is 40.8 Å². The Morgan fingerprint density at radius 1 is 1.33 bits per heavy atom. The molecule has 1 heterocycles. The summed E-state index contributed by atoms with van der Waals surface area (Å²) in [6.45, 7) is 7.86. The molecule has 0 saturated carbocycles. The molecule has 0 bridgehead atoms. The van der Waals surface area contributed by atoms with Crippen molar-refractivity contribution in [1.82, 2.24) is 14.9 Å². The third kappa shape index (κ3) is 2.42. The van der Waals surface area contributed by atoms with Gasteiger partial charge in [0.05, 0.1) is 17.7 Å². The number of nitrogens with one attached hydrogen (secondary N) is 1. The molecule has 0 aliphatic carbocycles. The number of imidazole rings is 1. The molecule has 96 valence electrons. The molecule has 0 radical (unpaired) electrons. The molecule has 1 aromatic carbocycles. The van der Waals surface area contributed by atoms with Crippen LogP contribution in [0, 0.1) is 13.8 Å². The minimum atomic E-state index is 0.766. The Bertz CT molecular complexity index is 546. The van der Waals surface area contributed by atoms with Gasteiger partial charge in [0.25, 0.3) is 0 Å². The van der Waals surface area contributed by atoms with E-state index in [1.165, 1.54) is 0 Å². The Morgan fingerprint density at radius 3 is 2.72 bits per heavy atom. The van der Waals surface area contributed by atoms with Gasteiger partial charge in [0.15, 0.2) is 0 Å². The Hall–Kier alpha value is -1.32. The summed E-state index contributed by atoms with van der Waals surface area (Å²) in [7, 11) is 0. The first-order valence-electron chi connectivity index (χ1n) is 6.14. The van der Waals surface area contributed by atoms with Crippen LogP contribution in [0.4, 0.5) is 0 Å². The summed E-state index contributed by atoms with van der Waals surface area (Å²) in [5, 5.41) is 4.11. The van der Waals surface area contributed by atoms with Crippen LogP contribution in [0.5, 0.6) is 0 Å². The fourth-order valence-electron chi connectivity index (χ4n) is 1.94. The van der Waals surface area contributed by atoms with E-state index in [1.54, 1.807) is 0 Å². The average molecular weight is 264 g/mol. The number of hydrogen-bond acceptors (Lipinski definition) is 2. The predicted octanol–water partition coefficient (Wildman–Crippen LogP) is 3.25. The lowest BCUT2D eigenvalue weighted by atomic mass is 10.1. The van der Waals surface area contributed by atoms with Crippen LogP contribution >= 0.6 is 11.6 Å². The summed E-state index contributed by atoms with van der Waals surface area (Å²) >= 11 is 6.30. The highest BCUT2D eigenvalue weighted by Crippen LogP contribution is 2.24. The van der Waals surface area contributed by atoms with E-state index >= 15 is 0 Å². The first kappa shape index (κ1) is 13.1. The minimum Gasteiger partial charge on any atom is -0.313 e. The van der Waals surface area contributed by atoms with E-state index in [4.69, 9.17) is 11.6 Å². The van der Waals surface area contributed by atoms with Crippen molar-refractivity contribution in [1.29, 1.82) is 0 Å². The molecule has 0 aliphatic heterocycles. The zero-order chi connectivity index (χ0) is 13.1. The lowest BCUT2D eigenvalue weighted by Gasteiger charge is -2.14. The maximum absolute atomic E-state index is 6.30. The summed E-state index contributed by atoms with van der Waals surface area (Å²) in [5.74, 6) is 0. The van der Waals surface area contributed by atoms with Gasteiger partial charge in [-0.3, -0.25) is 0 Å². The highest BCUT2D eigenvalue weighted by Gasteiger charge is 2.11. The van der Waals surface area contributed by atoms with Gasteiger partial charge in [0.2, 0.25) is 0 Å². The topological polar surface area (TPSA) is 29.9 Å². The monoisotopic (exact) mass is 263 g/mol. The maximum Gasteiger partial charge on any atom is 0.0997 e. The van der Waals surface area contributed by atoms with Crippen molar-refractivity contribution in [2.75, 3.05) is 6.54 Å². The van der Waals surface area contributed by atoms with E-state index in [9.17, 15) is 0 Å². The van der Waals surface area contributed by atoms with Gasteiger partial charge in [-0.15, -0.1) is 0 Å². The van der Waals surface area contributed by atoms with Crippen molar-refractivity contribution in [2.45, 2.75) is 27.3 Å². The standard InChI is InChI=1S/C14H18ClN3/c1-4-16-8-12-13(15)6-5-7-14(12)18-9-17-10(2)11(18)3/h5-7,9,16H,4,8H2,1-3H3. The first-order valence-corrected chi connectivity index (χ1v) is 6.52. The fraction of sp³-hybridized carbons (Fsp3) is 0.357. The molecule has 1 N–H and O–H groups in total. The smallest absolute Gasteiger partial charge is 0.0997 e. The first-order chi connectivity index (χ1) is 8.65. The number of benzene rings is 1. The molecule has 0 spiro atoms. The number of aryl methyl sites for hydroxylation is 1. The summed E-state index contributed by atoms with van der Waals surface area (Å²) in [5.41, 5.74) is 4.41. The largest absolute Gasteiger partial charge is 0.313 e. The summed E-state index contributed by atoms with van der Waals surface area (Å²) < 4.78 is 2.09. The van der Waals surface area contributed by atoms with Crippen molar-refractivity contribution in [3.8, 4) is 5.69 Å². The Morgan fingerprint density at radius 2 is 2.11 bits per heavy atom. The van der Waals surface area contributed by atoms with Crippen LogP contribution in [0.15, 0.2) is 24.5 Å². The number of rotatable bonds is 4. The molecule has 0 aliphatic rings. The molecule has 0 fully saturated rings. The molecule has 0 unspecified atom stereocenters. The predicted molar refractivity (Wildman–Crippen MR) is 75.4 cm³/mol. The maximum atomic E-state index is 6.30. The molecule has 2 aromatic rings. The van der Waals surface area contributed by atoms with Gasteiger partial charge in [-0.25, -0.2) is 4.98 Å². The average Bonchev–Trinajstić information content (AvgIpc) is 2.68. The van der Waals surface area contributed by atoms with E-state index in [2.05, 4.69) is 34.8 Å². The lowest BCUT2D eigenvalue weighted by Crippen LogP contribution is -2.14. The zero-order valence-electron chi connectivity index (χ0n) is 11.0. The molecule has 18 heavy (non-hydrogen) atoms. The van der Waals surface area contributed by atoms with Gasteiger partial charge >= 0.3 is 0 Å². The van der Waals surface area contributed by atoms with Crippen molar-refractivity contribution in [2.24, 2.45) is 0 Å². The molecule has 0 saturated heterocycles. The molecule has 3 nitrogen and oxygen atoms in total. The molecule has 2 rings (SSSR count). The Labute approximate surface area is 113 Å². The van der Waals surface area contributed by atoms with Crippen molar-refractivity contribution >= 4 is 11.6 Å². The van der Waals surface area contributed by atoms with Crippen molar-refractivity contribution in [3.63, 3.8) is 0 Å². The number of aromatic nitrogens is 2. The highest BCUT2D eigenvalue weighted by atomic mass is 35.5. The summed E-state index contributed by atoms with van der Waals surface area (Å²) in [6, 6.07) is 5.98. The Balaban J connectivity index is 2.50. The van der Waals surface area contributed by atoms with Crippen LogP contribution in [0.3, 0.4) is 0 Å². The summed E-state index contributed by atoms with van der Waals surface area (Å²) in [4.78, 5) is 4.34. The van der Waals surface area contributed by atoms with Crippen LogP contribution < -0.4 is 5.32 Å². The highest BCUT2D eigenvalue weighted by molar-refractivity contribution is 6.31. The molecule has 1 aromatic heterocycles. The minimum absolute atomic E-state index is 0.766. The SMILES string of the molecule is CCNCc1c(Cl)cccc1-n1cnc(C)c1C. The third-order valence-corrected chi connectivity index (χ3v) is 3.51. The number of halogens is 1. The van der Waals surface area contributed by atoms with E-state index in [1.807, 2.05) is 25.4 Å². The lowest BCUT2D eigenvalue weighted by molar-refractivity contribution is 0.721. The van der Waals surface area contributed by atoms with Gasteiger partial charge in [-0.1, -0.05) is 24.6 Å². The molecule has 4 heteroatoms. The molecule has 0 amide bonds. The fourth-order valence-corrected chi connectivity index (χ4v) is 2.18. The third-order valence-electron chi connectivity index (χ3n) is 3.16. The van der Waals surface area contributed by atoms with Crippen LogP contribution in [-0.2, 0) is 6.54 Å². The normalized spacial score (nSPS) is 10.9. The molecule has 0 atom stereocenters. The van der Waals surface area contributed by atoms with Gasteiger partial charge in [0, 0.05) is 22.8 Å². The van der Waals surface area contributed by atoms with Crippen molar-refractivity contribution < 1.29 is 0 Å². The number of nitrogens with zero attached hydrogens (tertiary/aromatic N) is 2. The molecular formula is C14H18ClN3. The van der Waals surface area contributed by atoms with Crippen LogP contribution in [0.25, 0.3) is 5.69 Å². The van der Waals surface area contributed by atoms with Crippen LogP contribution in [0.2, 0.25) is 5.02 Å². The second kappa shape index (κ2) is 5.55. The second-order valence-electron chi connectivity index (χ2n) is 4.30. The quantitative estimate of drug-likeness (QED) is 0.918. The van der Waals surface area contributed by atoms with Crippen molar-refractivity contribution in [3.05, 3.63) is 46.5 Å². The second-order valence-corrected chi connectivity index (χ2v) is 4.71. The molecular weight excluding hydrogens is 246 g/mol.